The van der Waals surface area contributed by atoms with Crippen molar-refractivity contribution in [3.05, 3.63) is 70.2 Å². The van der Waals surface area contributed by atoms with E-state index in [2.05, 4.69) is 22.5 Å². The van der Waals surface area contributed by atoms with Gasteiger partial charge in [0.05, 0.1) is 17.1 Å². The van der Waals surface area contributed by atoms with E-state index in [1.807, 2.05) is 31.2 Å². The van der Waals surface area contributed by atoms with Gasteiger partial charge in [-0.2, -0.15) is 4.31 Å². The van der Waals surface area contributed by atoms with Crippen LogP contribution in [0.1, 0.15) is 28.6 Å². The third-order valence-electron chi connectivity index (χ3n) is 5.20. The van der Waals surface area contributed by atoms with E-state index < -0.39 is 10.0 Å². The monoisotopic (exact) mass is 456 g/mol. The maximum Gasteiger partial charge on any atom is 0.325 e. The number of carbonyl (C=O) groups is 1. The van der Waals surface area contributed by atoms with Crippen LogP contribution in [0.5, 0.6) is 0 Å². The molecule has 0 saturated heterocycles. The summed E-state index contributed by atoms with van der Waals surface area (Å²) in [6, 6.07) is 14.2. The van der Waals surface area contributed by atoms with Gasteiger partial charge >= 0.3 is 6.03 Å². The van der Waals surface area contributed by atoms with Crippen LogP contribution in [-0.4, -0.2) is 30.3 Å². The number of carbonyl (C=O) groups excluding carboxylic acids is 1. The number of anilines is 2. The van der Waals surface area contributed by atoms with Gasteiger partial charge in [0.25, 0.3) is 0 Å². The highest BCUT2D eigenvalue weighted by molar-refractivity contribution is 7.89. The highest BCUT2D eigenvalue weighted by atomic mass is 32.2. The van der Waals surface area contributed by atoms with Gasteiger partial charge in [-0.15, -0.1) is 0 Å². The minimum Gasteiger partial charge on any atom is -0.308 e. The number of nitrogens with zero attached hydrogens (tertiary/aromatic N) is 2. The van der Waals surface area contributed by atoms with Crippen molar-refractivity contribution in [2.75, 3.05) is 17.2 Å². The molecule has 0 bridgehead atoms. The summed E-state index contributed by atoms with van der Waals surface area (Å²) in [6.45, 7) is 4.62. The van der Waals surface area contributed by atoms with Gasteiger partial charge in [0.1, 0.15) is 0 Å². The molecule has 7 nitrogen and oxygen atoms in total. The normalized spacial score (nSPS) is 14.1. The van der Waals surface area contributed by atoms with E-state index in [0.717, 1.165) is 22.6 Å². The molecule has 0 aliphatic carbocycles. The van der Waals surface area contributed by atoms with Gasteiger partial charge in [-0.3, -0.25) is 5.32 Å². The maximum absolute atomic E-state index is 13.0. The number of hydrogen-bond donors (Lipinski definition) is 2. The van der Waals surface area contributed by atoms with E-state index in [-0.39, 0.29) is 17.5 Å². The van der Waals surface area contributed by atoms with E-state index in [4.69, 9.17) is 0 Å². The van der Waals surface area contributed by atoms with Crippen LogP contribution in [0.4, 0.5) is 15.6 Å². The largest absolute Gasteiger partial charge is 0.325 e. The molecular formula is C22H24N4O3S2. The molecule has 2 N–H and O–H groups in total. The number of urea groups is 1. The van der Waals surface area contributed by atoms with E-state index in [1.165, 1.54) is 21.2 Å². The first-order valence-electron chi connectivity index (χ1n) is 10.1. The topological polar surface area (TPSA) is 91.4 Å². The Kier molecular flexibility index (Phi) is 6.08. The molecule has 1 aromatic heterocycles. The second-order valence-electron chi connectivity index (χ2n) is 7.42. The molecule has 0 atom stereocenters. The molecule has 4 rings (SSSR count). The summed E-state index contributed by atoms with van der Waals surface area (Å²) in [5.74, 6) is 0. The molecule has 0 unspecified atom stereocenters. The summed E-state index contributed by atoms with van der Waals surface area (Å²) < 4.78 is 27.4. The molecule has 1 aliphatic rings. The first-order valence-corrected chi connectivity index (χ1v) is 12.3. The van der Waals surface area contributed by atoms with E-state index in [9.17, 15) is 13.2 Å². The van der Waals surface area contributed by atoms with Crippen LogP contribution in [0.3, 0.4) is 0 Å². The molecule has 0 radical (unpaired) electrons. The Morgan fingerprint density at radius 2 is 1.81 bits per heavy atom. The van der Waals surface area contributed by atoms with Crippen LogP contribution in [0.15, 0.2) is 53.4 Å². The third-order valence-corrected chi connectivity index (χ3v) is 8.05. The summed E-state index contributed by atoms with van der Waals surface area (Å²) in [4.78, 5) is 18.0. The fourth-order valence-corrected chi connectivity index (χ4v) is 5.88. The zero-order chi connectivity index (χ0) is 22.0. The minimum atomic E-state index is -3.57. The van der Waals surface area contributed by atoms with E-state index >= 15 is 0 Å². The zero-order valence-electron chi connectivity index (χ0n) is 17.4. The second kappa shape index (κ2) is 8.78. The molecule has 0 saturated carbocycles. The average molecular weight is 457 g/mol. The highest BCUT2D eigenvalue weighted by Crippen LogP contribution is 2.31. The smallest absolute Gasteiger partial charge is 0.308 e. The van der Waals surface area contributed by atoms with Gasteiger partial charge < -0.3 is 5.32 Å². The number of benzene rings is 2. The SMILES string of the molecule is CCc1ccc(NC(=O)Nc2nc3c(s2)CN(S(=O)(=O)c2ccc(C)cc2)CC3)cc1. The molecule has 1 aliphatic heterocycles. The van der Waals surface area contributed by atoms with Gasteiger partial charge in [-0.25, -0.2) is 18.2 Å². The summed E-state index contributed by atoms with van der Waals surface area (Å²) in [6.07, 6.45) is 1.45. The predicted molar refractivity (Wildman–Crippen MR) is 123 cm³/mol. The van der Waals surface area contributed by atoms with Crippen molar-refractivity contribution in [2.24, 2.45) is 0 Å². The summed E-state index contributed by atoms with van der Waals surface area (Å²) in [5, 5.41) is 6.01. The van der Waals surface area contributed by atoms with Gasteiger partial charge in [-0.05, 0) is 43.2 Å². The Labute approximate surface area is 186 Å². The molecule has 3 aromatic rings. The number of amides is 2. The standard InChI is InChI=1S/C22H24N4O3S2/c1-3-16-6-8-17(9-7-16)23-21(27)25-22-24-19-12-13-26(14-20(19)30-22)31(28,29)18-10-4-15(2)5-11-18/h4-11H,3,12-14H2,1-2H3,(H2,23,24,25,27). The Hall–Kier alpha value is -2.75. The van der Waals surface area contributed by atoms with Crippen LogP contribution in [0.25, 0.3) is 0 Å². The van der Waals surface area contributed by atoms with Gasteiger partial charge in [-0.1, -0.05) is 48.1 Å². The van der Waals surface area contributed by atoms with Crippen molar-refractivity contribution in [1.82, 2.24) is 9.29 Å². The molecule has 2 amide bonds. The van der Waals surface area contributed by atoms with Crippen molar-refractivity contribution in [3.8, 4) is 0 Å². The lowest BCUT2D eigenvalue weighted by molar-refractivity contribution is 0.262. The molecule has 9 heteroatoms. The first kappa shape index (κ1) is 21.5. The lowest BCUT2D eigenvalue weighted by Gasteiger charge is -2.25. The van der Waals surface area contributed by atoms with Crippen molar-refractivity contribution >= 4 is 38.2 Å². The summed E-state index contributed by atoms with van der Waals surface area (Å²) in [5.41, 5.74) is 3.75. The summed E-state index contributed by atoms with van der Waals surface area (Å²) in [7, 11) is -3.57. The number of sulfonamides is 1. The highest BCUT2D eigenvalue weighted by Gasteiger charge is 2.30. The molecule has 0 spiro atoms. The number of aromatic nitrogens is 1. The molecule has 31 heavy (non-hydrogen) atoms. The fourth-order valence-electron chi connectivity index (χ4n) is 3.37. The van der Waals surface area contributed by atoms with E-state index in [1.54, 1.807) is 24.3 Å². The Balaban J connectivity index is 1.43. The van der Waals surface area contributed by atoms with Crippen LogP contribution in [0, 0.1) is 6.92 Å². The molecule has 0 fully saturated rings. The predicted octanol–water partition coefficient (Wildman–Crippen LogP) is 4.40. The van der Waals surface area contributed by atoms with Crippen LogP contribution in [-0.2, 0) is 29.4 Å². The molecular weight excluding hydrogens is 432 g/mol. The van der Waals surface area contributed by atoms with Crippen molar-refractivity contribution in [2.45, 2.75) is 38.1 Å². The van der Waals surface area contributed by atoms with Crippen LogP contribution >= 0.6 is 11.3 Å². The number of fused-ring (bicyclic) bond motifs is 1. The number of hydrogen-bond acceptors (Lipinski definition) is 5. The Morgan fingerprint density at radius 1 is 1.10 bits per heavy atom. The molecule has 162 valence electrons. The average Bonchev–Trinajstić information content (AvgIpc) is 3.15. The fraction of sp³-hybridized carbons (Fsp3) is 0.273. The van der Waals surface area contributed by atoms with Crippen molar-refractivity contribution < 1.29 is 13.2 Å². The number of nitrogens with one attached hydrogen (secondary N) is 2. The lowest BCUT2D eigenvalue weighted by Crippen LogP contribution is -2.35. The number of rotatable bonds is 5. The Morgan fingerprint density at radius 3 is 2.48 bits per heavy atom. The van der Waals surface area contributed by atoms with E-state index in [0.29, 0.717) is 23.8 Å². The van der Waals surface area contributed by atoms with Gasteiger partial charge in [0.2, 0.25) is 10.0 Å². The van der Waals surface area contributed by atoms with Gasteiger partial charge in [0, 0.05) is 23.5 Å². The van der Waals surface area contributed by atoms with Crippen LogP contribution in [0.2, 0.25) is 0 Å². The number of aryl methyl sites for hydroxylation is 2. The zero-order valence-corrected chi connectivity index (χ0v) is 19.0. The van der Waals surface area contributed by atoms with Crippen LogP contribution < -0.4 is 10.6 Å². The lowest BCUT2D eigenvalue weighted by atomic mass is 10.1. The Bertz CT molecular complexity index is 1190. The van der Waals surface area contributed by atoms with Gasteiger partial charge in [0.15, 0.2) is 5.13 Å². The summed E-state index contributed by atoms with van der Waals surface area (Å²) >= 11 is 1.31. The van der Waals surface area contributed by atoms with Crippen molar-refractivity contribution in [1.29, 1.82) is 0 Å². The number of thiazole rings is 1. The van der Waals surface area contributed by atoms with Crippen molar-refractivity contribution in [3.63, 3.8) is 0 Å². The molecule has 2 aromatic carbocycles. The second-order valence-corrected chi connectivity index (χ2v) is 10.4. The maximum atomic E-state index is 13.0. The minimum absolute atomic E-state index is 0.255. The first-order chi connectivity index (χ1) is 14.8. The quantitative estimate of drug-likeness (QED) is 0.595. The molecule has 2 heterocycles. The third kappa shape index (κ3) is 4.79.